The summed E-state index contributed by atoms with van der Waals surface area (Å²) in [7, 11) is 1.78. The number of nitrogens with zero attached hydrogens (tertiary/aromatic N) is 2. The number of rotatable bonds is 3. The number of hydrazine groups is 1. The van der Waals surface area contributed by atoms with Crippen LogP contribution in [0.4, 0.5) is 5.82 Å². The minimum atomic E-state index is -0.309. The van der Waals surface area contributed by atoms with E-state index < -0.39 is 0 Å². The molecule has 0 atom stereocenters. The zero-order valence-corrected chi connectivity index (χ0v) is 12.2. The van der Waals surface area contributed by atoms with Gasteiger partial charge in [-0.1, -0.05) is 19.3 Å². The van der Waals surface area contributed by atoms with E-state index >= 15 is 0 Å². The maximum atomic E-state index is 5.86. The normalized spacial score (nSPS) is 21.3. The average molecular weight is 276 g/mol. The van der Waals surface area contributed by atoms with Crippen molar-refractivity contribution in [3.8, 4) is 0 Å². The Bertz CT molecular complexity index is 466. The fourth-order valence-electron chi connectivity index (χ4n) is 3.56. The average Bonchev–Trinajstić information content (AvgIpc) is 2.54. The van der Waals surface area contributed by atoms with E-state index in [1.165, 1.54) is 37.7 Å². The number of anilines is 1. The summed E-state index contributed by atoms with van der Waals surface area (Å²) in [5.74, 6) is 7.30. The molecule has 1 aromatic heterocycles. The lowest BCUT2D eigenvalue weighted by Gasteiger charge is -2.35. The molecule has 3 rings (SSSR count). The largest absolute Gasteiger partial charge is 0.370 e. The SMILES string of the molecule is COC1(c2nc3c(c(NN)n2)CCCC3)CCCCC1. The molecule has 1 aromatic rings. The molecular weight excluding hydrogens is 252 g/mol. The Morgan fingerprint density at radius 2 is 1.80 bits per heavy atom. The zero-order chi connectivity index (χ0) is 14.0. The monoisotopic (exact) mass is 276 g/mol. The highest BCUT2D eigenvalue weighted by Crippen LogP contribution is 2.39. The van der Waals surface area contributed by atoms with E-state index in [-0.39, 0.29) is 5.60 Å². The Kier molecular flexibility index (Phi) is 3.89. The van der Waals surface area contributed by atoms with Gasteiger partial charge in [-0.05, 0) is 38.5 Å². The van der Waals surface area contributed by atoms with Crippen molar-refractivity contribution in [3.05, 3.63) is 17.1 Å². The number of aryl methyl sites for hydroxylation is 1. The number of aromatic nitrogens is 2. The summed E-state index contributed by atoms with van der Waals surface area (Å²) in [5.41, 5.74) is 4.82. The van der Waals surface area contributed by atoms with E-state index in [2.05, 4.69) is 5.43 Å². The summed E-state index contributed by atoms with van der Waals surface area (Å²) in [5, 5.41) is 0. The number of nitrogen functional groups attached to an aromatic ring is 1. The van der Waals surface area contributed by atoms with Crippen LogP contribution in [0.1, 0.15) is 62.0 Å². The van der Waals surface area contributed by atoms with Crippen LogP contribution >= 0.6 is 0 Å². The Balaban J connectivity index is 2.04. The molecule has 5 nitrogen and oxygen atoms in total. The Morgan fingerprint density at radius 1 is 1.05 bits per heavy atom. The molecule has 0 spiro atoms. The summed E-state index contributed by atoms with van der Waals surface area (Å²) < 4.78 is 5.86. The number of methoxy groups -OCH3 is 1. The molecule has 20 heavy (non-hydrogen) atoms. The van der Waals surface area contributed by atoms with Crippen molar-refractivity contribution in [2.75, 3.05) is 12.5 Å². The van der Waals surface area contributed by atoms with Crippen LogP contribution < -0.4 is 11.3 Å². The first-order valence-corrected chi connectivity index (χ1v) is 7.71. The maximum absolute atomic E-state index is 5.86. The van der Waals surface area contributed by atoms with Gasteiger partial charge in [0.2, 0.25) is 0 Å². The minimum Gasteiger partial charge on any atom is -0.370 e. The van der Waals surface area contributed by atoms with Crippen molar-refractivity contribution >= 4 is 5.82 Å². The molecule has 1 fully saturated rings. The molecule has 3 N–H and O–H groups in total. The summed E-state index contributed by atoms with van der Waals surface area (Å²) in [4.78, 5) is 9.56. The van der Waals surface area contributed by atoms with E-state index in [1.807, 2.05) is 0 Å². The number of fused-ring (bicyclic) bond motifs is 1. The van der Waals surface area contributed by atoms with Gasteiger partial charge in [0.15, 0.2) is 5.82 Å². The molecular formula is C15H24N4O. The van der Waals surface area contributed by atoms with Gasteiger partial charge >= 0.3 is 0 Å². The second kappa shape index (κ2) is 5.66. The zero-order valence-electron chi connectivity index (χ0n) is 12.2. The molecule has 0 unspecified atom stereocenters. The molecule has 2 aliphatic rings. The predicted octanol–water partition coefficient (Wildman–Crippen LogP) is 2.45. The lowest BCUT2D eigenvalue weighted by atomic mass is 9.83. The molecule has 1 heterocycles. The van der Waals surface area contributed by atoms with E-state index in [0.29, 0.717) is 0 Å². The second-order valence-electron chi connectivity index (χ2n) is 5.93. The van der Waals surface area contributed by atoms with Gasteiger partial charge in [0, 0.05) is 18.4 Å². The van der Waals surface area contributed by atoms with Gasteiger partial charge in [0.25, 0.3) is 0 Å². The van der Waals surface area contributed by atoms with Crippen molar-refractivity contribution in [1.29, 1.82) is 0 Å². The van der Waals surface area contributed by atoms with Crippen LogP contribution in [0.15, 0.2) is 0 Å². The second-order valence-corrected chi connectivity index (χ2v) is 5.93. The van der Waals surface area contributed by atoms with Crippen LogP contribution in [0.25, 0.3) is 0 Å². The fourth-order valence-corrected chi connectivity index (χ4v) is 3.56. The van der Waals surface area contributed by atoms with E-state index in [9.17, 15) is 0 Å². The lowest BCUT2D eigenvalue weighted by molar-refractivity contribution is -0.0515. The first-order chi connectivity index (χ1) is 9.79. The highest BCUT2D eigenvalue weighted by atomic mass is 16.5. The summed E-state index contributed by atoms with van der Waals surface area (Å²) in [6.07, 6.45) is 10.1. The van der Waals surface area contributed by atoms with Crippen LogP contribution in [0, 0.1) is 0 Å². The van der Waals surface area contributed by atoms with Gasteiger partial charge in [-0.15, -0.1) is 0 Å². The van der Waals surface area contributed by atoms with Crippen LogP contribution in [0.2, 0.25) is 0 Å². The number of nitrogens with two attached hydrogens (primary N) is 1. The van der Waals surface area contributed by atoms with E-state index in [0.717, 1.165) is 43.0 Å². The van der Waals surface area contributed by atoms with E-state index in [4.69, 9.17) is 20.5 Å². The molecule has 0 saturated heterocycles. The van der Waals surface area contributed by atoms with Gasteiger partial charge in [0.1, 0.15) is 11.4 Å². The third-order valence-corrected chi connectivity index (χ3v) is 4.78. The fraction of sp³-hybridized carbons (Fsp3) is 0.733. The molecule has 0 aromatic carbocycles. The van der Waals surface area contributed by atoms with Gasteiger partial charge < -0.3 is 10.2 Å². The molecule has 0 bridgehead atoms. The topological polar surface area (TPSA) is 73.1 Å². The molecule has 2 aliphatic carbocycles. The third-order valence-electron chi connectivity index (χ3n) is 4.78. The lowest BCUT2D eigenvalue weighted by Crippen LogP contribution is -2.34. The van der Waals surface area contributed by atoms with Crippen molar-refractivity contribution in [3.63, 3.8) is 0 Å². The minimum absolute atomic E-state index is 0.309. The number of hydrogen-bond acceptors (Lipinski definition) is 5. The van der Waals surface area contributed by atoms with Gasteiger partial charge in [-0.2, -0.15) is 0 Å². The van der Waals surface area contributed by atoms with Crippen LogP contribution in [0.3, 0.4) is 0 Å². The highest BCUT2D eigenvalue weighted by molar-refractivity contribution is 5.47. The van der Waals surface area contributed by atoms with Crippen molar-refractivity contribution in [2.45, 2.75) is 63.4 Å². The van der Waals surface area contributed by atoms with E-state index in [1.54, 1.807) is 7.11 Å². The third kappa shape index (κ3) is 2.29. The molecule has 0 radical (unpaired) electrons. The Labute approximate surface area is 120 Å². The number of nitrogens with one attached hydrogen (secondary N) is 1. The summed E-state index contributed by atoms with van der Waals surface area (Å²) in [6.45, 7) is 0. The predicted molar refractivity (Wildman–Crippen MR) is 78.3 cm³/mol. The molecule has 110 valence electrons. The Hall–Kier alpha value is -1.20. The van der Waals surface area contributed by atoms with Crippen LogP contribution in [0.5, 0.6) is 0 Å². The quantitative estimate of drug-likeness (QED) is 0.655. The standard InChI is InChI=1S/C15H24N4O/c1-20-15(9-5-2-6-10-15)14-17-12-8-4-3-7-11(12)13(18-14)19-16/h2-10,16H2,1H3,(H,17,18,19). The van der Waals surface area contributed by atoms with Gasteiger partial charge in [-0.25, -0.2) is 15.8 Å². The first-order valence-electron chi connectivity index (χ1n) is 7.71. The molecule has 0 amide bonds. The van der Waals surface area contributed by atoms with Crippen LogP contribution in [-0.4, -0.2) is 17.1 Å². The summed E-state index contributed by atoms with van der Waals surface area (Å²) in [6, 6.07) is 0. The number of ether oxygens (including phenoxy) is 1. The molecule has 5 heteroatoms. The molecule has 1 saturated carbocycles. The van der Waals surface area contributed by atoms with Crippen molar-refractivity contribution < 1.29 is 4.74 Å². The number of hydrogen-bond donors (Lipinski definition) is 2. The molecule has 0 aliphatic heterocycles. The smallest absolute Gasteiger partial charge is 0.162 e. The van der Waals surface area contributed by atoms with Gasteiger partial charge in [-0.3, -0.25) is 0 Å². The first kappa shape index (κ1) is 13.8. The Morgan fingerprint density at radius 3 is 2.50 bits per heavy atom. The van der Waals surface area contributed by atoms with Crippen molar-refractivity contribution in [2.24, 2.45) is 5.84 Å². The maximum Gasteiger partial charge on any atom is 0.162 e. The van der Waals surface area contributed by atoms with Crippen LogP contribution in [-0.2, 0) is 23.2 Å². The highest BCUT2D eigenvalue weighted by Gasteiger charge is 2.38. The van der Waals surface area contributed by atoms with Gasteiger partial charge in [0.05, 0.1) is 0 Å². The summed E-state index contributed by atoms with van der Waals surface area (Å²) >= 11 is 0. The van der Waals surface area contributed by atoms with Crippen molar-refractivity contribution in [1.82, 2.24) is 9.97 Å².